The van der Waals surface area contributed by atoms with Crippen LogP contribution in [0.5, 0.6) is 0 Å². The molecule has 106 valence electrons. The van der Waals surface area contributed by atoms with Crippen molar-refractivity contribution in [2.45, 2.75) is 25.9 Å². The summed E-state index contributed by atoms with van der Waals surface area (Å²) in [5.74, 6) is -0.157. The van der Waals surface area contributed by atoms with Gasteiger partial charge in [0.2, 0.25) is 0 Å². The lowest BCUT2D eigenvalue weighted by Crippen LogP contribution is -2.43. The van der Waals surface area contributed by atoms with Crippen LogP contribution in [0.15, 0.2) is 6.20 Å². The number of hydrogen-bond donors (Lipinski definition) is 2. The first-order valence-corrected chi connectivity index (χ1v) is 6.69. The summed E-state index contributed by atoms with van der Waals surface area (Å²) in [4.78, 5) is 14.1. The summed E-state index contributed by atoms with van der Waals surface area (Å²) in [6.45, 7) is 7.47. The monoisotopic (exact) mass is 266 g/mol. The molecule has 7 nitrogen and oxygen atoms in total. The van der Waals surface area contributed by atoms with E-state index in [0.717, 1.165) is 19.6 Å². The maximum Gasteiger partial charge on any atom is 0.273 e. The summed E-state index contributed by atoms with van der Waals surface area (Å²) in [5.41, 5.74) is 0.388. The van der Waals surface area contributed by atoms with Crippen molar-refractivity contribution in [3.05, 3.63) is 11.9 Å². The van der Waals surface area contributed by atoms with Gasteiger partial charge in [-0.1, -0.05) is 5.21 Å². The Labute approximate surface area is 113 Å². The number of aromatic nitrogens is 3. The molecule has 1 fully saturated rings. The molecule has 1 aliphatic rings. The van der Waals surface area contributed by atoms with Crippen LogP contribution in [0.25, 0.3) is 0 Å². The minimum Gasteiger partial charge on any atom is -0.349 e. The number of amides is 1. The van der Waals surface area contributed by atoms with Gasteiger partial charge in [-0.2, -0.15) is 0 Å². The number of carbonyl (C=O) groups is 1. The predicted octanol–water partition coefficient (Wildman–Crippen LogP) is -0.508. The van der Waals surface area contributed by atoms with Gasteiger partial charge in [0.05, 0.1) is 12.2 Å². The van der Waals surface area contributed by atoms with E-state index in [9.17, 15) is 4.79 Å². The first kappa shape index (κ1) is 14.0. The Morgan fingerprint density at radius 3 is 2.95 bits per heavy atom. The zero-order valence-corrected chi connectivity index (χ0v) is 11.8. The fraction of sp³-hybridized carbons (Fsp3) is 0.750. The molecule has 1 saturated heterocycles. The van der Waals surface area contributed by atoms with Gasteiger partial charge < -0.3 is 15.5 Å². The normalized spacial score (nSPS) is 15.8. The third-order valence-corrected chi connectivity index (χ3v) is 3.51. The maximum absolute atomic E-state index is 11.9. The average molecular weight is 266 g/mol. The molecule has 19 heavy (non-hydrogen) atoms. The molecule has 0 aliphatic carbocycles. The Bertz CT molecular complexity index is 426. The van der Waals surface area contributed by atoms with E-state index in [1.165, 1.54) is 0 Å². The van der Waals surface area contributed by atoms with E-state index < -0.39 is 0 Å². The molecule has 2 rings (SSSR count). The lowest BCUT2D eigenvalue weighted by Gasteiger charge is -2.26. The van der Waals surface area contributed by atoms with Crippen LogP contribution >= 0.6 is 0 Å². The fourth-order valence-electron chi connectivity index (χ4n) is 1.71. The van der Waals surface area contributed by atoms with Gasteiger partial charge in [-0.3, -0.25) is 4.79 Å². The van der Waals surface area contributed by atoms with Crippen LogP contribution in [0.1, 0.15) is 30.4 Å². The summed E-state index contributed by atoms with van der Waals surface area (Å²) in [5, 5.41) is 13.9. The Morgan fingerprint density at radius 1 is 1.63 bits per heavy atom. The molecule has 7 heteroatoms. The van der Waals surface area contributed by atoms with Gasteiger partial charge in [0.1, 0.15) is 0 Å². The molecule has 1 aromatic heterocycles. The van der Waals surface area contributed by atoms with E-state index in [1.54, 1.807) is 10.9 Å². The van der Waals surface area contributed by atoms with Gasteiger partial charge in [0, 0.05) is 32.2 Å². The van der Waals surface area contributed by atoms with Crippen molar-refractivity contribution in [1.82, 2.24) is 30.5 Å². The second-order valence-corrected chi connectivity index (χ2v) is 5.23. The Balaban J connectivity index is 1.78. The zero-order valence-electron chi connectivity index (χ0n) is 11.8. The third-order valence-electron chi connectivity index (χ3n) is 3.51. The van der Waals surface area contributed by atoms with Crippen molar-refractivity contribution in [2.75, 3.05) is 33.2 Å². The summed E-state index contributed by atoms with van der Waals surface area (Å²) in [6, 6.07) is 0.810. The average Bonchev–Trinajstić information content (AvgIpc) is 2.75. The number of carbonyl (C=O) groups excluding carboxylic acids is 1. The maximum atomic E-state index is 11.9. The molecule has 0 saturated carbocycles. The molecule has 0 aromatic carbocycles. The van der Waals surface area contributed by atoms with Crippen molar-refractivity contribution >= 4 is 5.91 Å². The van der Waals surface area contributed by atoms with Gasteiger partial charge in [-0.15, -0.1) is 5.10 Å². The third kappa shape index (κ3) is 3.51. The highest BCUT2D eigenvalue weighted by Gasteiger charge is 2.21. The molecule has 2 heterocycles. The predicted molar refractivity (Wildman–Crippen MR) is 72.0 cm³/mol. The van der Waals surface area contributed by atoms with E-state index in [1.807, 2.05) is 7.05 Å². The molecule has 0 spiro atoms. The van der Waals surface area contributed by atoms with Crippen molar-refractivity contribution in [3.8, 4) is 0 Å². The van der Waals surface area contributed by atoms with Crippen molar-refractivity contribution in [1.29, 1.82) is 0 Å². The summed E-state index contributed by atoms with van der Waals surface area (Å²) < 4.78 is 1.76. The number of nitrogens with zero attached hydrogens (tertiary/aromatic N) is 4. The van der Waals surface area contributed by atoms with Gasteiger partial charge in [0.15, 0.2) is 5.69 Å². The van der Waals surface area contributed by atoms with Crippen LogP contribution in [0.4, 0.5) is 0 Å². The standard InChI is InChI=1S/C12H22N6O/c1-9(2)17(3)5-4-14-12(19)11-8-18(16-15-11)10-6-13-7-10/h8-10,13H,4-7H2,1-3H3,(H,14,19). The molecule has 2 N–H and O–H groups in total. The molecule has 1 aromatic rings. The van der Waals surface area contributed by atoms with Gasteiger partial charge >= 0.3 is 0 Å². The van der Waals surface area contributed by atoms with E-state index in [4.69, 9.17) is 0 Å². The number of rotatable bonds is 6. The number of likely N-dealkylation sites (N-methyl/N-ethyl adjacent to an activating group) is 1. The highest BCUT2D eigenvalue weighted by atomic mass is 16.2. The Morgan fingerprint density at radius 2 is 2.37 bits per heavy atom. The van der Waals surface area contributed by atoms with Crippen molar-refractivity contribution in [2.24, 2.45) is 0 Å². The molecule has 0 bridgehead atoms. The van der Waals surface area contributed by atoms with E-state index >= 15 is 0 Å². The molecule has 0 atom stereocenters. The number of hydrogen-bond acceptors (Lipinski definition) is 5. The SMILES string of the molecule is CC(C)N(C)CCNC(=O)c1cn(C2CNC2)nn1. The first-order chi connectivity index (χ1) is 9.08. The highest BCUT2D eigenvalue weighted by Crippen LogP contribution is 2.09. The van der Waals surface area contributed by atoms with E-state index in [-0.39, 0.29) is 5.91 Å². The Hall–Kier alpha value is -1.47. The minimum absolute atomic E-state index is 0.157. The van der Waals surface area contributed by atoms with Crippen LogP contribution in [0.2, 0.25) is 0 Å². The Kier molecular flexibility index (Phi) is 4.49. The lowest BCUT2D eigenvalue weighted by atomic mass is 10.2. The second kappa shape index (κ2) is 6.12. The number of nitrogens with one attached hydrogen (secondary N) is 2. The second-order valence-electron chi connectivity index (χ2n) is 5.23. The van der Waals surface area contributed by atoms with Crippen LogP contribution in [0.3, 0.4) is 0 Å². The van der Waals surface area contributed by atoms with Crippen LogP contribution < -0.4 is 10.6 Å². The molecular formula is C12H22N6O. The molecule has 1 amide bonds. The van der Waals surface area contributed by atoms with Crippen LogP contribution in [-0.2, 0) is 0 Å². The topological polar surface area (TPSA) is 75.1 Å². The van der Waals surface area contributed by atoms with Crippen molar-refractivity contribution in [3.63, 3.8) is 0 Å². The smallest absolute Gasteiger partial charge is 0.273 e. The van der Waals surface area contributed by atoms with Crippen LogP contribution in [-0.4, -0.2) is 65.1 Å². The summed E-state index contributed by atoms with van der Waals surface area (Å²) >= 11 is 0. The quantitative estimate of drug-likeness (QED) is 0.725. The summed E-state index contributed by atoms with van der Waals surface area (Å²) in [6.07, 6.45) is 1.72. The molecule has 0 unspecified atom stereocenters. The zero-order chi connectivity index (χ0) is 13.8. The highest BCUT2D eigenvalue weighted by molar-refractivity contribution is 5.91. The largest absolute Gasteiger partial charge is 0.349 e. The molecule has 0 radical (unpaired) electrons. The van der Waals surface area contributed by atoms with Gasteiger partial charge in [0.25, 0.3) is 5.91 Å². The summed E-state index contributed by atoms with van der Waals surface area (Å²) in [7, 11) is 2.04. The van der Waals surface area contributed by atoms with Gasteiger partial charge in [-0.05, 0) is 20.9 Å². The van der Waals surface area contributed by atoms with E-state index in [2.05, 4.69) is 39.7 Å². The first-order valence-electron chi connectivity index (χ1n) is 6.69. The minimum atomic E-state index is -0.157. The molecule has 1 aliphatic heterocycles. The van der Waals surface area contributed by atoms with Crippen LogP contribution in [0, 0.1) is 0 Å². The van der Waals surface area contributed by atoms with Gasteiger partial charge in [-0.25, -0.2) is 4.68 Å². The van der Waals surface area contributed by atoms with Crippen molar-refractivity contribution < 1.29 is 4.79 Å². The lowest BCUT2D eigenvalue weighted by molar-refractivity contribution is 0.0943. The van der Waals surface area contributed by atoms with E-state index in [0.29, 0.717) is 24.3 Å². The molecular weight excluding hydrogens is 244 g/mol. The fourth-order valence-corrected chi connectivity index (χ4v) is 1.71.